The van der Waals surface area contributed by atoms with Crippen LogP contribution in [0, 0.1) is 0 Å². The lowest BCUT2D eigenvalue weighted by Crippen LogP contribution is -2.15. The summed E-state index contributed by atoms with van der Waals surface area (Å²) in [6.07, 6.45) is 1.57. The van der Waals surface area contributed by atoms with Crippen molar-refractivity contribution in [3.8, 4) is 0 Å². The van der Waals surface area contributed by atoms with E-state index < -0.39 is 5.91 Å². The predicted octanol–water partition coefficient (Wildman–Crippen LogP) is 2.56. The molecule has 0 spiro atoms. The molecule has 94 valence electrons. The van der Waals surface area contributed by atoms with E-state index in [9.17, 15) is 4.79 Å². The van der Waals surface area contributed by atoms with Crippen LogP contribution in [0.25, 0.3) is 0 Å². The molecule has 0 unspecified atom stereocenters. The summed E-state index contributed by atoms with van der Waals surface area (Å²) < 4.78 is 1.53. The number of benzene rings is 1. The molecule has 0 bridgehead atoms. The summed E-state index contributed by atoms with van der Waals surface area (Å²) in [5, 5.41) is 7.02. The molecule has 0 radical (unpaired) electrons. The number of rotatable bonds is 2. The van der Waals surface area contributed by atoms with Crippen LogP contribution in [0.1, 0.15) is 10.4 Å². The van der Waals surface area contributed by atoms with Crippen LogP contribution in [-0.2, 0) is 7.05 Å². The van der Waals surface area contributed by atoms with Crippen LogP contribution in [0.3, 0.4) is 0 Å². The highest BCUT2D eigenvalue weighted by molar-refractivity contribution is 6.44. The average Bonchev–Trinajstić information content (AvgIpc) is 2.69. The van der Waals surface area contributed by atoms with Gasteiger partial charge in [-0.1, -0.05) is 23.2 Å². The average molecular weight is 285 g/mol. The van der Waals surface area contributed by atoms with Gasteiger partial charge >= 0.3 is 0 Å². The predicted molar refractivity (Wildman–Crippen MR) is 72.0 cm³/mol. The fraction of sp³-hybridized carbons (Fsp3) is 0.0909. The maximum Gasteiger partial charge on any atom is 0.258 e. The first kappa shape index (κ1) is 12.7. The van der Waals surface area contributed by atoms with E-state index in [0.29, 0.717) is 11.5 Å². The van der Waals surface area contributed by atoms with Crippen molar-refractivity contribution in [3.63, 3.8) is 0 Å². The summed E-state index contributed by atoms with van der Waals surface area (Å²) in [6.45, 7) is 0. The lowest BCUT2D eigenvalue weighted by atomic mass is 10.2. The number of carbonyl (C=O) groups is 1. The Balaban J connectivity index is 2.32. The first-order valence-corrected chi connectivity index (χ1v) is 5.78. The van der Waals surface area contributed by atoms with Gasteiger partial charge in [-0.3, -0.25) is 9.48 Å². The first-order chi connectivity index (χ1) is 8.49. The van der Waals surface area contributed by atoms with Gasteiger partial charge < -0.3 is 11.1 Å². The maximum atomic E-state index is 12.0. The molecule has 0 aliphatic rings. The third-order valence-electron chi connectivity index (χ3n) is 2.36. The van der Waals surface area contributed by atoms with E-state index in [1.165, 1.54) is 16.8 Å². The van der Waals surface area contributed by atoms with E-state index in [4.69, 9.17) is 28.9 Å². The molecular weight excluding hydrogens is 275 g/mol. The van der Waals surface area contributed by atoms with Crippen LogP contribution in [0.2, 0.25) is 10.0 Å². The van der Waals surface area contributed by atoms with Crippen molar-refractivity contribution in [2.45, 2.75) is 0 Å². The van der Waals surface area contributed by atoms with Gasteiger partial charge in [0.1, 0.15) is 5.82 Å². The normalized spacial score (nSPS) is 10.4. The zero-order valence-corrected chi connectivity index (χ0v) is 11.0. The van der Waals surface area contributed by atoms with Gasteiger partial charge in [0.05, 0.1) is 21.8 Å². The lowest BCUT2D eigenvalue weighted by Gasteiger charge is -2.08. The number of carbonyl (C=O) groups excluding carboxylic acids is 1. The molecule has 5 nitrogen and oxygen atoms in total. The van der Waals surface area contributed by atoms with E-state index in [0.717, 1.165) is 0 Å². The first-order valence-electron chi connectivity index (χ1n) is 5.03. The molecule has 2 aromatic rings. The fourth-order valence-corrected chi connectivity index (χ4v) is 1.88. The van der Waals surface area contributed by atoms with E-state index in [1.54, 1.807) is 19.3 Å². The smallest absolute Gasteiger partial charge is 0.258 e. The standard InChI is InChI=1S/C11H10Cl2N4O/c1-17-9(2-3-15-17)16-11(18)7-4-6(14)5-8(12)10(7)13/h2-5H,14H2,1H3,(H,16,18). The maximum absolute atomic E-state index is 12.0. The van der Waals surface area contributed by atoms with Crippen LogP contribution in [0.15, 0.2) is 24.4 Å². The van der Waals surface area contributed by atoms with Crippen LogP contribution in [0.4, 0.5) is 11.5 Å². The molecule has 18 heavy (non-hydrogen) atoms. The zero-order chi connectivity index (χ0) is 13.3. The number of anilines is 2. The number of nitrogen functional groups attached to an aromatic ring is 1. The molecule has 1 heterocycles. The van der Waals surface area contributed by atoms with Gasteiger partial charge in [-0.25, -0.2) is 0 Å². The van der Waals surface area contributed by atoms with Gasteiger partial charge in [0.2, 0.25) is 0 Å². The molecule has 0 aliphatic heterocycles. The lowest BCUT2D eigenvalue weighted by molar-refractivity contribution is 0.102. The Morgan fingerprint density at radius 1 is 1.44 bits per heavy atom. The number of nitrogens with zero attached hydrogens (tertiary/aromatic N) is 2. The minimum absolute atomic E-state index is 0.172. The van der Waals surface area contributed by atoms with Crippen molar-refractivity contribution in [2.75, 3.05) is 11.1 Å². The van der Waals surface area contributed by atoms with Gasteiger partial charge in [0.15, 0.2) is 0 Å². The topological polar surface area (TPSA) is 72.9 Å². The van der Waals surface area contributed by atoms with Gasteiger partial charge in [-0.15, -0.1) is 0 Å². The van der Waals surface area contributed by atoms with Crippen LogP contribution >= 0.6 is 23.2 Å². The van der Waals surface area contributed by atoms with Crippen molar-refractivity contribution in [2.24, 2.45) is 7.05 Å². The summed E-state index contributed by atoms with van der Waals surface area (Å²) >= 11 is 11.8. The van der Waals surface area contributed by atoms with Crippen LogP contribution in [0.5, 0.6) is 0 Å². The highest BCUT2D eigenvalue weighted by Gasteiger charge is 2.15. The monoisotopic (exact) mass is 284 g/mol. The van der Waals surface area contributed by atoms with Crippen LogP contribution < -0.4 is 11.1 Å². The molecule has 7 heteroatoms. The van der Waals surface area contributed by atoms with Gasteiger partial charge in [0.25, 0.3) is 5.91 Å². The largest absolute Gasteiger partial charge is 0.399 e. The molecule has 0 aliphatic carbocycles. The Hall–Kier alpha value is -1.72. The van der Waals surface area contributed by atoms with Crippen molar-refractivity contribution >= 4 is 40.6 Å². The molecule has 0 saturated carbocycles. The second kappa shape index (κ2) is 4.88. The fourth-order valence-electron chi connectivity index (χ4n) is 1.46. The Morgan fingerprint density at radius 2 is 2.17 bits per heavy atom. The van der Waals surface area contributed by atoms with Crippen LogP contribution in [-0.4, -0.2) is 15.7 Å². The van der Waals surface area contributed by atoms with E-state index in [-0.39, 0.29) is 15.6 Å². The Bertz CT molecular complexity index is 609. The summed E-state index contributed by atoms with van der Waals surface area (Å²) in [7, 11) is 1.71. The summed E-state index contributed by atoms with van der Waals surface area (Å²) in [4.78, 5) is 12.0. The van der Waals surface area contributed by atoms with Crippen molar-refractivity contribution < 1.29 is 4.79 Å². The molecule has 1 aromatic heterocycles. The Kier molecular flexibility index (Phi) is 3.45. The van der Waals surface area contributed by atoms with E-state index in [1.807, 2.05) is 0 Å². The third kappa shape index (κ3) is 2.42. The Labute approximate surface area is 113 Å². The molecule has 1 aromatic carbocycles. The minimum atomic E-state index is -0.391. The summed E-state index contributed by atoms with van der Waals surface area (Å²) in [5.74, 6) is 0.160. The molecule has 1 amide bonds. The highest BCUT2D eigenvalue weighted by Crippen LogP contribution is 2.29. The number of nitrogens with one attached hydrogen (secondary N) is 1. The second-order valence-electron chi connectivity index (χ2n) is 3.66. The van der Waals surface area contributed by atoms with Crippen molar-refractivity contribution in [1.29, 1.82) is 0 Å². The number of hydrogen-bond acceptors (Lipinski definition) is 3. The van der Waals surface area contributed by atoms with Gasteiger partial charge in [-0.2, -0.15) is 5.10 Å². The molecular formula is C11H10Cl2N4O. The number of halogens is 2. The van der Waals surface area contributed by atoms with E-state index in [2.05, 4.69) is 10.4 Å². The number of amides is 1. The third-order valence-corrected chi connectivity index (χ3v) is 3.16. The highest BCUT2D eigenvalue weighted by atomic mass is 35.5. The summed E-state index contributed by atoms with van der Waals surface area (Å²) in [5.41, 5.74) is 6.23. The molecule has 0 saturated heterocycles. The van der Waals surface area contributed by atoms with E-state index >= 15 is 0 Å². The van der Waals surface area contributed by atoms with Gasteiger partial charge in [0, 0.05) is 18.8 Å². The second-order valence-corrected chi connectivity index (χ2v) is 4.44. The molecule has 0 atom stereocenters. The summed E-state index contributed by atoms with van der Waals surface area (Å²) in [6, 6.07) is 4.63. The Morgan fingerprint density at radius 3 is 2.78 bits per heavy atom. The molecule has 2 rings (SSSR count). The molecule has 3 N–H and O–H groups in total. The molecule has 0 fully saturated rings. The number of hydrogen-bond donors (Lipinski definition) is 2. The van der Waals surface area contributed by atoms with Crippen molar-refractivity contribution in [3.05, 3.63) is 40.0 Å². The SMILES string of the molecule is Cn1nccc1NC(=O)c1cc(N)cc(Cl)c1Cl. The minimum Gasteiger partial charge on any atom is -0.399 e. The number of aromatic nitrogens is 2. The quantitative estimate of drug-likeness (QED) is 0.833. The number of nitrogens with two attached hydrogens (primary N) is 1. The van der Waals surface area contributed by atoms with Crippen molar-refractivity contribution in [1.82, 2.24) is 9.78 Å². The van der Waals surface area contributed by atoms with Gasteiger partial charge in [-0.05, 0) is 12.1 Å². The zero-order valence-electron chi connectivity index (χ0n) is 9.45. The number of aryl methyl sites for hydroxylation is 1.